The van der Waals surface area contributed by atoms with E-state index < -0.39 is 11.6 Å². The number of carbonyl (C=O) groups is 1. The van der Waals surface area contributed by atoms with Crippen molar-refractivity contribution >= 4 is 5.78 Å². The summed E-state index contributed by atoms with van der Waals surface area (Å²) >= 11 is 0. The number of para-hydroxylation sites is 1. The fourth-order valence-electron chi connectivity index (χ4n) is 4.34. The molecule has 0 radical (unpaired) electrons. The molecular formula is C24H20N2O3. The van der Waals surface area contributed by atoms with Crippen molar-refractivity contribution in [1.82, 2.24) is 0 Å². The summed E-state index contributed by atoms with van der Waals surface area (Å²) in [7, 11) is 1.64. The van der Waals surface area contributed by atoms with E-state index in [1.165, 1.54) is 0 Å². The number of azo groups is 1. The van der Waals surface area contributed by atoms with Crippen LogP contribution in [-0.2, 0) is 0 Å². The lowest BCUT2D eigenvalue weighted by Crippen LogP contribution is -2.51. The predicted octanol–water partition coefficient (Wildman–Crippen LogP) is 5.00. The van der Waals surface area contributed by atoms with E-state index in [0.717, 1.165) is 16.9 Å². The largest absolute Gasteiger partial charge is 0.497 e. The lowest BCUT2D eigenvalue weighted by molar-refractivity contribution is 0.0521. The Morgan fingerprint density at radius 2 is 1.66 bits per heavy atom. The summed E-state index contributed by atoms with van der Waals surface area (Å²) < 4.78 is 11.7. The summed E-state index contributed by atoms with van der Waals surface area (Å²) in [5, 5.41) is 8.94. The molecule has 0 saturated heterocycles. The molecule has 0 aromatic heterocycles. The van der Waals surface area contributed by atoms with E-state index in [1.54, 1.807) is 13.2 Å². The first-order valence-corrected chi connectivity index (χ1v) is 9.62. The number of ether oxygens (including phenoxy) is 2. The van der Waals surface area contributed by atoms with Gasteiger partial charge < -0.3 is 9.47 Å². The van der Waals surface area contributed by atoms with Crippen molar-refractivity contribution in [3.8, 4) is 11.5 Å². The van der Waals surface area contributed by atoms with Crippen LogP contribution in [0.15, 0.2) is 89.1 Å². The van der Waals surface area contributed by atoms with Gasteiger partial charge in [0.15, 0.2) is 11.6 Å². The third-order valence-electron chi connectivity index (χ3n) is 5.79. The number of carbonyl (C=O) groups excluding carboxylic acids is 1. The summed E-state index contributed by atoms with van der Waals surface area (Å²) in [6, 6.07) is 25.0. The zero-order valence-corrected chi connectivity index (χ0v) is 16.0. The topological polar surface area (TPSA) is 60.2 Å². The van der Waals surface area contributed by atoms with E-state index in [9.17, 15) is 4.79 Å². The predicted molar refractivity (Wildman–Crippen MR) is 109 cm³/mol. The Morgan fingerprint density at radius 1 is 0.931 bits per heavy atom. The Hall–Kier alpha value is -3.47. The maximum atomic E-state index is 13.9. The Bertz CT molecular complexity index is 1080. The smallest absolute Gasteiger partial charge is 0.200 e. The minimum absolute atomic E-state index is 0.0460. The summed E-state index contributed by atoms with van der Waals surface area (Å²) in [5.41, 5.74) is 1.33. The molecular weight excluding hydrogens is 364 g/mol. The number of methoxy groups -OCH3 is 1. The Balaban J connectivity index is 1.69. The van der Waals surface area contributed by atoms with Gasteiger partial charge in [-0.05, 0) is 35.4 Å². The van der Waals surface area contributed by atoms with Gasteiger partial charge in [-0.3, -0.25) is 4.79 Å². The molecule has 3 atom stereocenters. The van der Waals surface area contributed by atoms with Crippen LogP contribution in [0.25, 0.3) is 0 Å². The molecule has 29 heavy (non-hydrogen) atoms. The van der Waals surface area contributed by atoms with Crippen LogP contribution in [0.4, 0.5) is 0 Å². The fraction of sp³-hybridized carbons (Fsp3) is 0.208. The van der Waals surface area contributed by atoms with E-state index in [0.29, 0.717) is 17.9 Å². The molecule has 5 rings (SSSR count). The summed E-state index contributed by atoms with van der Waals surface area (Å²) in [4.78, 5) is 13.9. The number of nitrogens with zero attached hydrogens (tertiary/aromatic N) is 2. The number of fused-ring (bicyclic) bond motifs is 1. The van der Waals surface area contributed by atoms with Crippen molar-refractivity contribution in [3.63, 3.8) is 0 Å². The molecule has 0 N–H and O–H groups in total. The molecule has 2 aliphatic rings. The Kier molecular flexibility index (Phi) is 4.16. The van der Waals surface area contributed by atoms with Gasteiger partial charge in [-0.25, -0.2) is 0 Å². The maximum Gasteiger partial charge on any atom is 0.200 e. The van der Waals surface area contributed by atoms with Crippen LogP contribution in [0.2, 0.25) is 0 Å². The molecule has 0 fully saturated rings. The number of rotatable bonds is 3. The Morgan fingerprint density at radius 3 is 2.41 bits per heavy atom. The summed E-state index contributed by atoms with van der Waals surface area (Å²) in [5.74, 6) is 1.09. The van der Waals surface area contributed by atoms with E-state index in [-0.39, 0.29) is 11.7 Å². The quantitative estimate of drug-likeness (QED) is 0.638. The van der Waals surface area contributed by atoms with Gasteiger partial charge in [0.1, 0.15) is 11.5 Å². The minimum Gasteiger partial charge on any atom is -0.497 e. The number of Topliss-reactive ketones (excluding diaryl/α,β-unsaturated/α-hetero) is 1. The molecule has 0 saturated carbocycles. The Labute approximate surface area is 169 Å². The first kappa shape index (κ1) is 17.6. The van der Waals surface area contributed by atoms with Crippen molar-refractivity contribution in [3.05, 3.63) is 95.6 Å². The molecule has 3 aromatic rings. The van der Waals surface area contributed by atoms with Crippen LogP contribution in [-0.4, -0.2) is 25.0 Å². The molecule has 144 valence electrons. The van der Waals surface area contributed by atoms with Gasteiger partial charge >= 0.3 is 0 Å². The second-order valence-electron chi connectivity index (χ2n) is 7.31. The molecule has 0 aliphatic carbocycles. The van der Waals surface area contributed by atoms with Crippen molar-refractivity contribution in [2.45, 2.75) is 17.6 Å². The van der Waals surface area contributed by atoms with Crippen molar-refractivity contribution in [1.29, 1.82) is 0 Å². The molecule has 0 amide bonds. The molecule has 1 spiro atoms. The van der Waals surface area contributed by atoms with Gasteiger partial charge in [-0.2, -0.15) is 10.2 Å². The third kappa shape index (κ3) is 2.65. The van der Waals surface area contributed by atoms with Gasteiger partial charge in [-0.1, -0.05) is 54.6 Å². The van der Waals surface area contributed by atoms with Crippen LogP contribution >= 0.6 is 0 Å². The molecule has 0 unspecified atom stereocenters. The molecule has 0 bridgehead atoms. The normalized spacial score (nSPS) is 24.9. The molecule has 5 heteroatoms. The van der Waals surface area contributed by atoms with Gasteiger partial charge in [0.2, 0.25) is 5.78 Å². The zero-order valence-electron chi connectivity index (χ0n) is 16.0. The van der Waals surface area contributed by atoms with Crippen molar-refractivity contribution < 1.29 is 14.3 Å². The average Bonchev–Trinajstić information content (AvgIpc) is 3.22. The van der Waals surface area contributed by atoms with Crippen LogP contribution in [0.1, 0.15) is 33.5 Å². The van der Waals surface area contributed by atoms with Gasteiger partial charge in [-0.15, -0.1) is 0 Å². The summed E-state index contributed by atoms with van der Waals surface area (Å²) in [6.07, 6.45) is -0.551. The van der Waals surface area contributed by atoms with Crippen LogP contribution in [0.3, 0.4) is 0 Å². The second-order valence-corrected chi connectivity index (χ2v) is 7.31. The molecule has 3 aromatic carbocycles. The lowest BCUT2D eigenvalue weighted by Gasteiger charge is -2.41. The van der Waals surface area contributed by atoms with Gasteiger partial charge in [0.25, 0.3) is 0 Å². The molecule has 2 aliphatic heterocycles. The highest BCUT2D eigenvalue weighted by Gasteiger charge is 2.60. The fourth-order valence-corrected chi connectivity index (χ4v) is 4.34. The van der Waals surface area contributed by atoms with Gasteiger partial charge in [0, 0.05) is 5.92 Å². The highest BCUT2D eigenvalue weighted by atomic mass is 16.5. The van der Waals surface area contributed by atoms with Crippen LogP contribution in [0, 0.1) is 0 Å². The standard InChI is InChI=1S/C24H20N2O3/c1-28-18-13-11-16(12-14-18)20-15-25-26-24(20)22(27)19-9-5-6-10-21(19)29-23(24)17-7-3-2-4-8-17/h2-14,20,23H,15H2,1H3/t20-,23+,24+/m1/s1. The minimum atomic E-state index is -1.13. The van der Waals surface area contributed by atoms with E-state index >= 15 is 0 Å². The monoisotopic (exact) mass is 384 g/mol. The first-order valence-electron chi connectivity index (χ1n) is 9.62. The van der Waals surface area contributed by atoms with E-state index in [2.05, 4.69) is 10.2 Å². The second kappa shape index (κ2) is 6.85. The van der Waals surface area contributed by atoms with Crippen LogP contribution < -0.4 is 9.47 Å². The number of benzene rings is 3. The number of ketones is 1. The van der Waals surface area contributed by atoms with E-state index in [1.807, 2.05) is 72.8 Å². The van der Waals surface area contributed by atoms with Crippen molar-refractivity contribution in [2.75, 3.05) is 13.7 Å². The highest BCUT2D eigenvalue weighted by Crippen LogP contribution is 2.52. The maximum absolute atomic E-state index is 13.9. The number of hydrogen-bond acceptors (Lipinski definition) is 5. The van der Waals surface area contributed by atoms with Crippen LogP contribution in [0.5, 0.6) is 11.5 Å². The first-order chi connectivity index (χ1) is 14.2. The molecule has 5 nitrogen and oxygen atoms in total. The lowest BCUT2D eigenvalue weighted by atomic mass is 9.69. The number of hydrogen-bond donors (Lipinski definition) is 0. The zero-order chi connectivity index (χ0) is 19.8. The summed E-state index contributed by atoms with van der Waals surface area (Å²) in [6.45, 7) is 0.437. The molecule has 2 heterocycles. The SMILES string of the molecule is COc1ccc([C@H]2CN=N[C@]23C(=O)c2ccccc2O[C@H]3c2ccccc2)cc1. The third-order valence-corrected chi connectivity index (χ3v) is 5.79. The highest BCUT2D eigenvalue weighted by molar-refractivity contribution is 6.08. The van der Waals surface area contributed by atoms with Crippen molar-refractivity contribution in [2.24, 2.45) is 10.2 Å². The average molecular weight is 384 g/mol. The van der Waals surface area contributed by atoms with E-state index in [4.69, 9.17) is 9.47 Å². The van der Waals surface area contributed by atoms with Gasteiger partial charge in [0.05, 0.1) is 19.2 Å².